The highest BCUT2D eigenvalue weighted by atomic mass is 79.9. The molecule has 1 aliphatic rings. The van der Waals surface area contributed by atoms with E-state index in [-0.39, 0.29) is 14.4 Å². The van der Waals surface area contributed by atoms with Crippen LogP contribution in [0, 0.1) is 10.1 Å². The summed E-state index contributed by atoms with van der Waals surface area (Å²) >= 11 is 16.1. The number of nitro benzene ring substituents is 1. The average molecular weight is 489 g/mol. The first-order valence-corrected chi connectivity index (χ1v) is 9.53. The maximum atomic E-state index is 12.2. The van der Waals surface area contributed by atoms with Crippen LogP contribution in [0.15, 0.2) is 44.7 Å². The number of thioether (sulfide) groups is 1. The van der Waals surface area contributed by atoms with E-state index in [2.05, 4.69) is 26.2 Å². The van der Waals surface area contributed by atoms with E-state index in [4.69, 9.17) is 23.2 Å². The van der Waals surface area contributed by atoms with Crippen molar-refractivity contribution in [1.82, 2.24) is 5.32 Å². The standard InChI is InChI=1S/C16H8BrCl2N3O4S/c17-8-4-7(5-11(14(8)23)22(25)26)6-12-15(24)21-16(27-12)20-10-3-1-2-9(18)13(10)19/h1-6,23H,(H,20,21,24)/b12-6+. The van der Waals surface area contributed by atoms with Gasteiger partial charge in [0.15, 0.2) is 5.17 Å². The molecule has 1 saturated heterocycles. The Bertz CT molecular complexity index is 1040. The van der Waals surface area contributed by atoms with Gasteiger partial charge in [-0.25, -0.2) is 4.99 Å². The molecule has 7 nitrogen and oxygen atoms in total. The fraction of sp³-hybridized carbons (Fsp3) is 0. The van der Waals surface area contributed by atoms with Gasteiger partial charge in [-0.1, -0.05) is 29.3 Å². The lowest BCUT2D eigenvalue weighted by atomic mass is 10.1. The fourth-order valence-corrected chi connectivity index (χ4v) is 3.79. The number of amides is 1. The number of phenolic OH excluding ortho intramolecular Hbond substituents is 1. The van der Waals surface area contributed by atoms with Crippen molar-refractivity contribution in [2.24, 2.45) is 4.99 Å². The summed E-state index contributed by atoms with van der Waals surface area (Å²) in [5.41, 5.74) is 0.293. The van der Waals surface area contributed by atoms with E-state index in [0.717, 1.165) is 11.8 Å². The van der Waals surface area contributed by atoms with Gasteiger partial charge in [-0.15, -0.1) is 0 Å². The van der Waals surface area contributed by atoms with Crippen LogP contribution in [0.3, 0.4) is 0 Å². The highest BCUT2D eigenvalue weighted by Gasteiger charge is 2.25. The first-order chi connectivity index (χ1) is 12.8. The van der Waals surface area contributed by atoms with Gasteiger partial charge in [0.1, 0.15) is 0 Å². The summed E-state index contributed by atoms with van der Waals surface area (Å²) in [4.78, 5) is 27.0. The molecule has 1 amide bonds. The van der Waals surface area contributed by atoms with Gasteiger partial charge in [0, 0.05) is 6.07 Å². The van der Waals surface area contributed by atoms with Gasteiger partial charge in [0.05, 0.1) is 30.0 Å². The van der Waals surface area contributed by atoms with Crippen LogP contribution in [0.1, 0.15) is 5.56 Å². The van der Waals surface area contributed by atoms with Crippen LogP contribution in [0.4, 0.5) is 11.4 Å². The Hall–Kier alpha value is -2.07. The molecule has 2 aromatic carbocycles. The van der Waals surface area contributed by atoms with Crippen molar-refractivity contribution in [1.29, 1.82) is 0 Å². The molecular weight excluding hydrogens is 481 g/mol. The lowest BCUT2D eigenvalue weighted by molar-refractivity contribution is -0.386. The number of nitrogens with one attached hydrogen (secondary N) is 1. The molecule has 11 heteroatoms. The second kappa shape index (κ2) is 7.89. The number of carbonyl (C=O) groups is 1. The molecule has 0 radical (unpaired) electrons. The third-order valence-corrected chi connectivity index (χ3v) is 5.69. The monoisotopic (exact) mass is 487 g/mol. The number of hydrogen-bond donors (Lipinski definition) is 2. The number of nitro groups is 1. The van der Waals surface area contributed by atoms with Gasteiger partial charge >= 0.3 is 5.69 Å². The van der Waals surface area contributed by atoms with Crippen molar-refractivity contribution in [2.45, 2.75) is 0 Å². The Morgan fingerprint density at radius 1 is 1.33 bits per heavy atom. The van der Waals surface area contributed by atoms with Gasteiger partial charge in [0.2, 0.25) is 5.75 Å². The van der Waals surface area contributed by atoms with E-state index >= 15 is 0 Å². The number of halogens is 3. The van der Waals surface area contributed by atoms with Crippen LogP contribution in [0.2, 0.25) is 10.0 Å². The van der Waals surface area contributed by atoms with Crippen molar-refractivity contribution in [3.05, 3.63) is 65.4 Å². The molecule has 0 spiro atoms. The molecule has 138 valence electrons. The van der Waals surface area contributed by atoms with Gasteiger partial charge in [-0.05, 0) is 57.5 Å². The molecular formula is C16H8BrCl2N3O4S. The summed E-state index contributed by atoms with van der Waals surface area (Å²) in [6.07, 6.45) is 1.46. The van der Waals surface area contributed by atoms with E-state index < -0.39 is 22.3 Å². The summed E-state index contributed by atoms with van der Waals surface area (Å²) in [6, 6.07) is 7.58. The largest absolute Gasteiger partial charge is 0.501 e. The minimum Gasteiger partial charge on any atom is -0.501 e. The predicted octanol–water partition coefficient (Wildman–Crippen LogP) is 5.26. The first-order valence-electron chi connectivity index (χ1n) is 7.16. The average Bonchev–Trinajstić information content (AvgIpc) is 2.94. The van der Waals surface area contributed by atoms with Crippen molar-refractivity contribution in [2.75, 3.05) is 0 Å². The number of aliphatic imine (C=N–C) groups is 1. The van der Waals surface area contributed by atoms with Gasteiger partial charge in [-0.3, -0.25) is 14.9 Å². The van der Waals surface area contributed by atoms with E-state index in [1.54, 1.807) is 18.2 Å². The van der Waals surface area contributed by atoms with Gasteiger partial charge in [-0.2, -0.15) is 0 Å². The van der Waals surface area contributed by atoms with Gasteiger partial charge in [0.25, 0.3) is 5.91 Å². The number of carbonyl (C=O) groups excluding carboxylic acids is 1. The van der Waals surface area contributed by atoms with Crippen LogP contribution in [-0.2, 0) is 4.79 Å². The van der Waals surface area contributed by atoms with Crippen molar-refractivity contribution < 1.29 is 14.8 Å². The number of nitrogens with zero attached hydrogens (tertiary/aromatic N) is 2. The number of hydrogen-bond acceptors (Lipinski definition) is 6. The number of phenols is 1. The summed E-state index contributed by atoms with van der Waals surface area (Å²) < 4.78 is 0.145. The second-order valence-corrected chi connectivity index (χ2v) is 7.85. The maximum absolute atomic E-state index is 12.2. The van der Waals surface area contributed by atoms with E-state index in [1.165, 1.54) is 18.2 Å². The lowest BCUT2D eigenvalue weighted by Gasteiger charge is -2.02. The SMILES string of the molecule is O=C1NC(=Nc2cccc(Cl)c2Cl)S/C1=C/c1cc(Br)c(O)c([N+](=O)[O-])c1. The molecule has 0 atom stereocenters. The summed E-state index contributed by atoms with van der Waals surface area (Å²) in [7, 11) is 0. The Labute approximate surface area is 175 Å². The topological polar surface area (TPSA) is 105 Å². The van der Waals surface area contributed by atoms with Crippen LogP contribution >= 0.6 is 50.9 Å². The normalized spacial score (nSPS) is 16.8. The van der Waals surface area contributed by atoms with E-state index in [1.807, 2.05) is 0 Å². The summed E-state index contributed by atoms with van der Waals surface area (Å²) in [5, 5.41) is 24.2. The number of aromatic hydroxyl groups is 1. The zero-order chi connectivity index (χ0) is 19.7. The summed E-state index contributed by atoms with van der Waals surface area (Å²) in [5.74, 6) is -0.896. The highest BCUT2D eigenvalue weighted by Crippen LogP contribution is 2.37. The molecule has 2 aromatic rings. The molecule has 3 rings (SSSR count). The molecule has 27 heavy (non-hydrogen) atoms. The molecule has 2 N–H and O–H groups in total. The smallest absolute Gasteiger partial charge is 0.312 e. The Morgan fingerprint density at radius 3 is 2.78 bits per heavy atom. The van der Waals surface area contributed by atoms with Crippen LogP contribution in [0.5, 0.6) is 5.75 Å². The maximum Gasteiger partial charge on any atom is 0.312 e. The van der Waals surface area contributed by atoms with Gasteiger partial charge < -0.3 is 10.4 Å². The zero-order valence-electron chi connectivity index (χ0n) is 13.1. The van der Waals surface area contributed by atoms with E-state index in [0.29, 0.717) is 21.4 Å². The summed E-state index contributed by atoms with van der Waals surface area (Å²) in [6.45, 7) is 0. The van der Waals surface area contributed by atoms with Crippen LogP contribution in [0.25, 0.3) is 6.08 Å². The van der Waals surface area contributed by atoms with Crippen molar-refractivity contribution in [3.63, 3.8) is 0 Å². The minimum atomic E-state index is -0.710. The van der Waals surface area contributed by atoms with Crippen LogP contribution < -0.4 is 5.32 Å². The second-order valence-electron chi connectivity index (χ2n) is 5.18. The number of amidine groups is 1. The van der Waals surface area contributed by atoms with E-state index in [9.17, 15) is 20.0 Å². The first kappa shape index (κ1) is 19.7. The highest BCUT2D eigenvalue weighted by molar-refractivity contribution is 9.10. The predicted molar refractivity (Wildman–Crippen MR) is 110 cm³/mol. The van der Waals surface area contributed by atoms with Crippen molar-refractivity contribution >= 4 is 79.4 Å². The number of benzene rings is 2. The Morgan fingerprint density at radius 2 is 2.07 bits per heavy atom. The quantitative estimate of drug-likeness (QED) is 0.348. The fourth-order valence-electron chi connectivity index (χ4n) is 2.15. The molecule has 1 aliphatic heterocycles. The number of rotatable bonds is 3. The van der Waals surface area contributed by atoms with Crippen molar-refractivity contribution in [3.8, 4) is 5.75 Å². The Kier molecular flexibility index (Phi) is 5.75. The molecule has 0 bridgehead atoms. The third kappa shape index (κ3) is 4.27. The lowest BCUT2D eigenvalue weighted by Crippen LogP contribution is -2.19. The molecule has 0 aromatic heterocycles. The molecule has 1 fully saturated rings. The Balaban J connectivity index is 1.93. The molecule has 1 heterocycles. The zero-order valence-corrected chi connectivity index (χ0v) is 17.0. The molecule has 0 aliphatic carbocycles. The molecule has 0 unspecified atom stereocenters. The minimum absolute atomic E-state index is 0.145. The molecule has 0 saturated carbocycles. The third-order valence-electron chi connectivity index (χ3n) is 3.36. The van der Waals surface area contributed by atoms with Crippen LogP contribution in [-0.4, -0.2) is 21.1 Å².